The van der Waals surface area contributed by atoms with Gasteiger partial charge in [0, 0.05) is 6.07 Å². The van der Waals surface area contributed by atoms with Crippen LogP contribution in [-0.2, 0) is 0 Å². The molecule has 0 saturated heterocycles. The number of hydrogen-bond donors (Lipinski definition) is 0. The lowest BCUT2D eigenvalue weighted by atomic mass is 10.5. The van der Waals surface area contributed by atoms with Crippen molar-refractivity contribution < 1.29 is 9.26 Å². The second-order valence-electron chi connectivity index (χ2n) is 1.99. The Hall–Kier alpha value is -1.43. The fourth-order valence-corrected chi connectivity index (χ4v) is 0.594. The van der Waals surface area contributed by atoms with Crippen molar-refractivity contribution in [2.24, 2.45) is 0 Å². The van der Waals surface area contributed by atoms with Gasteiger partial charge in [-0.2, -0.15) is 0 Å². The summed E-state index contributed by atoms with van der Waals surface area (Å²) in [7, 11) is 0. The van der Waals surface area contributed by atoms with Crippen LogP contribution in [0.5, 0.6) is 5.88 Å². The van der Waals surface area contributed by atoms with E-state index in [2.05, 4.69) is 17.0 Å². The number of nitrogens with zero attached hydrogens (tertiary/aromatic N) is 1. The Bertz CT molecular complexity index is 280. The van der Waals surface area contributed by atoms with Gasteiger partial charge in [-0.15, -0.1) is 5.92 Å². The van der Waals surface area contributed by atoms with Crippen LogP contribution in [0.25, 0.3) is 0 Å². The summed E-state index contributed by atoms with van der Waals surface area (Å²) < 4.78 is 9.86. The monoisotopic (exact) mass is 151 g/mol. The fraction of sp³-hybridized carbons (Fsp3) is 0.375. The molecule has 11 heavy (non-hydrogen) atoms. The molecule has 0 bridgehead atoms. The molecule has 0 aliphatic carbocycles. The summed E-state index contributed by atoms with van der Waals surface area (Å²) in [5.74, 6) is 6.69. The molecule has 0 radical (unpaired) electrons. The largest absolute Gasteiger partial charge is 0.462 e. The van der Waals surface area contributed by atoms with Gasteiger partial charge in [-0.3, -0.25) is 0 Å². The van der Waals surface area contributed by atoms with Crippen LogP contribution in [-0.4, -0.2) is 11.8 Å². The van der Waals surface area contributed by atoms with Crippen LogP contribution in [0.4, 0.5) is 0 Å². The maximum absolute atomic E-state index is 5.09. The Kier molecular flexibility index (Phi) is 2.56. The molecule has 1 aromatic rings. The first-order valence-electron chi connectivity index (χ1n) is 3.28. The number of rotatable bonds is 2. The highest BCUT2D eigenvalue weighted by Gasteiger charge is 1.97. The van der Waals surface area contributed by atoms with Crippen LogP contribution in [0.3, 0.4) is 0 Å². The molecule has 3 nitrogen and oxygen atoms in total. The quantitative estimate of drug-likeness (QED) is 0.599. The van der Waals surface area contributed by atoms with Crippen molar-refractivity contribution in [2.45, 2.75) is 13.8 Å². The number of aromatic nitrogens is 1. The Morgan fingerprint density at radius 2 is 2.55 bits per heavy atom. The van der Waals surface area contributed by atoms with E-state index in [1.807, 2.05) is 6.92 Å². The predicted octanol–water partition coefficient (Wildman–Crippen LogP) is 1.39. The molecular formula is C8H9NO2. The third kappa shape index (κ3) is 2.34. The van der Waals surface area contributed by atoms with Crippen molar-refractivity contribution in [1.29, 1.82) is 0 Å². The third-order valence-corrected chi connectivity index (χ3v) is 1.08. The average molecular weight is 151 g/mol. The topological polar surface area (TPSA) is 35.3 Å². The second-order valence-corrected chi connectivity index (χ2v) is 1.99. The Labute approximate surface area is 65.3 Å². The summed E-state index contributed by atoms with van der Waals surface area (Å²) in [5.41, 5.74) is 0. The van der Waals surface area contributed by atoms with Crippen LogP contribution in [0, 0.1) is 18.8 Å². The van der Waals surface area contributed by atoms with Crippen molar-refractivity contribution in [2.75, 3.05) is 6.61 Å². The zero-order valence-electron chi connectivity index (χ0n) is 6.55. The van der Waals surface area contributed by atoms with E-state index in [1.165, 1.54) is 0 Å². The van der Waals surface area contributed by atoms with Gasteiger partial charge in [0.15, 0.2) is 6.61 Å². The van der Waals surface area contributed by atoms with Crippen molar-refractivity contribution in [3.05, 3.63) is 11.8 Å². The Morgan fingerprint density at radius 3 is 3.09 bits per heavy atom. The minimum atomic E-state index is 0.364. The van der Waals surface area contributed by atoms with Gasteiger partial charge in [-0.05, 0) is 19.0 Å². The molecular weight excluding hydrogens is 142 g/mol. The summed E-state index contributed by atoms with van der Waals surface area (Å²) in [6.07, 6.45) is 0. The number of hydrogen-bond acceptors (Lipinski definition) is 3. The average Bonchev–Trinajstić information content (AvgIpc) is 2.37. The van der Waals surface area contributed by atoms with Crippen molar-refractivity contribution in [3.8, 4) is 17.7 Å². The SMILES string of the molecule is CC#CCOc1cc(C)on1. The maximum atomic E-state index is 5.09. The van der Waals surface area contributed by atoms with Gasteiger partial charge in [0.25, 0.3) is 5.88 Å². The molecule has 0 aliphatic heterocycles. The van der Waals surface area contributed by atoms with E-state index in [1.54, 1.807) is 13.0 Å². The summed E-state index contributed by atoms with van der Waals surface area (Å²) in [6.45, 7) is 3.94. The molecule has 0 unspecified atom stereocenters. The van der Waals surface area contributed by atoms with E-state index in [4.69, 9.17) is 9.26 Å². The van der Waals surface area contributed by atoms with Crippen LogP contribution >= 0.6 is 0 Å². The molecule has 0 aliphatic rings. The predicted molar refractivity (Wildman–Crippen MR) is 40.2 cm³/mol. The minimum absolute atomic E-state index is 0.364. The number of aryl methyl sites for hydroxylation is 1. The van der Waals surface area contributed by atoms with E-state index in [0.29, 0.717) is 12.5 Å². The van der Waals surface area contributed by atoms with Gasteiger partial charge in [-0.1, -0.05) is 5.92 Å². The van der Waals surface area contributed by atoms with Crippen LogP contribution in [0.2, 0.25) is 0 Å². The van der Waals surface area contributed by atoms with Crippen LogP contribution in [0.1, 0.15) is 12.7 Å². The molecule has 1 aromatic heterocycles. The summed E-state index contributed by atoms with van der Waals surface area (Å²) in [6, 6.07) is 1.72. The minimum Gasteiger partial charge on any atom is -0.462 e. The fourth-order valence-electron chi connectivity index (χ4n) is 0.594. The van der Waals surface area contributed by atoms with Crippen LogP contribution in [0.15, 0.2) is 10.6 Å². The van der Waals surface area contributed by atoms with E-state index in [-0.39, 0.29) is 0 Å². The normalized spacial score (nSPS) is 8.55. The molecule has 0 fully saturated rings. The lowest BCUT2D eigenvalue weighted by Gasteiger charge is -1.91. The second kappa shape index (κ2) is 3.67. The van der Waals surface area contributed by atoms with Gasteiger partial charge in [0.1, 0.15) is 5.76 Å². The zero-order chi connectivity index (χ0) is 8.10. The standard InChI is InChI=1S/C8H9NO2/c1-3-4-5-10-8-6-7(2)11-9-8/h6H,5H2,1-2H3. The Morgan fingerprint density at radius 1 is 1.73 bits per heavy atom. The molecule has 1 heterocycles. The van der Waals surface area contributed by atoms with Gasteiger partial charge < -0.3 is 9.26 Å². The first-order valence-corrected chi connectivity index (χ1v) is 3.28. The molecule has 0 spiro atoms. The highest BCUT2D eigenvalue weighted by atomic mass is 16.5. The molecule has 0 atom stereocenters. The van der Waals surface area contributed by atoms with Crippen molar-refractivity contribution >= 4 is 0 Å². The molecule has 0 aromatic carbocycles. The smallest absolute Gasteiger partial charge is 0.255 e. The van der Waals surface area contributed by atoms with Crippen molar-refractivity contribution in [3.63, 3.8) is 0 Å². The molecule has 3 heteroatoms. The van der Waals surface area contributed by atoms with Crippen molar-refractivity contribution in [1.82, 2.24) is 5.16 Å². The van der Waals surface area contributed by atoms with E-state index in [0.717, 1.165) is 5.76 Å². The molecule has 58 valence electrons. The summed E-state index contributed by atoms with van der Waals surface area (Å²) >= 11 is 0. The molecule has 0 amide bonds. The summed E-state index contributed by atoms with van der Waals surface area (Å²) in [4.78, 5) is 0. The lowest BCUT2D eigenvalue weighted by Crippen LogP contribution is -1.92. The van der Waals surface area contributed by atoms with E-state index in [9.17, 15) is 0 Å². The van der Waals surface area contributed by atoms with Gasteiger partial charge in [0.05, 0.1) is 0 Å². The lowest BCUT2D eigenvalue weighted by molar-refractivity contribution is 0.309. The summed E-state index contributed by atoms with van der Waals surface area (Å²) in [5, 5.41) is 3.62. The first-order chi connectivity index (χ1) is 5.33. The van der Waals surface area contributed by atoms with Gasteiger partial charge in [-0.25, -0.2) is 0 Å². The van der Waals surface area contributed by atoms with Crippen LogP contribution < -0.4 is 4.74 Å². The molecule has 1 rings (SSSR count). The van der Waals surface area contributed by atoms with E-state index >= 15 is 0 Å². The van der Waals surface area contributed by atoms with Gasteiger partial charge in [0.2, 0.25) is 0 Å². The third-order valence-electron chi connectivity index (χ3n) is 1.08. The molecule has 0 saturated carbocycles. The first kappa shape index (κ1) is 7.67. The highest BCUT2D eigenvalue weighted by Crippen LogP contribution is 2.08. The maximum Gasteiger partial charge on any atom is 0.255 e. The highest BCUT2D eigenvalue weighted by molar-refractivity contribution is 5.10. The Balaban J connectivity index is 2.43. The molecule has 0 N–H and O–H groups in total. The number of ether oxygens (including phenoxy) is 1. The van der Waals surface area contributed by atoms with E-state index < -0.39 is 0 Å². The zero-order valence-corrected chi connectivity index (χ0v) is 6.55. The van der Waals surface area contributed by atoms with Gasteiger partial charge >= 0.3 is 0 Å².